The molecule has 1 amide bonds. The van der Waals surface area contributed by atoms with E-state index in [1.54, 1.807) is 24.6 Å². The van der Waals surface area contributed by atoms with Crippen LogP contribution in [-0.4, -0.2) is 55.7 Å². The quantitative estimate of drug-likeness (QED) is 0.798. The van der Waals surface area contributed by atoms with Crippen molar-refractivity contribution in [2.45, 2.75) is 39.8 Å². The fourth-order valence-electron chi connectivity index (χ4n) is 2.27. The van der Waals surface area contributed by atoms with E-state index in [1.165, 1.54) is 6.20 Å². The molecule has 7 heteroatoms. The summed E-state index contributed by atoms with van der Waals surface area (Å²) >= 11 is 0. The highest BCUT2D eigenvalue weighted by atomic mass is 16.3. The van der Waals surface area contributed by atoms with Gasteiger partial charge in [0.05, 0.1) is 18.3 Å². The van der Waals surface area contributed by atoms with Gasteiger partial charge in [-0.05, 0) is 26.9 Å². The molecule has 7 nitrogen and oxygen atoms in total. The number of aliphatic hydroxyl groups excluding tert-OH is 1. The van der Waals surface area contributed by atoms with E-state index in [-0.39, 0.29) is 12.5 Å². The minimum absolute atomic E-state index is 0.139. The maximum atomic E-state index is 12.3. The van der Waals surface area contributed by atoms with Crippen LogP contribution in [-0.2, 0) is 6.54 Å². The lowest BCUT2D eigenvalue weighted by Crippen LogP contribution is -2.46. The first kappa shape index (κ1) is 17.4. The van der Waals surface area contributed by atoms with Crippen LogP contribution in [0.5, 0.6) is 0 Å². The lowest BCUT2D eigenvalue weighted by Gasteiger charge is -2.22. The summed E-state index contributed by atoms with van der Waals surface area (Å²) in [6.07, 6.45) is 5.18. The van der Waals surface area contributed by atoms with Gasteiger partial charge in [-0.15, -0.1) is 0 Å². The smallest absolute Gasteiger partial charge is 0.257 e. The second-order valence-corrected chi connectivity index (χ2v) is 6.25. The molecular formula is C16H25N5O2. The van der Waals surface area contributed by atoms with Crippen molar-refractivity contribution < 1.29 is 9.90 Å². The Morgan fingerprint density at radius 3 is 2.65 bits per heavy atom. The molecule has 0 atom stereocenters. The average Bonchev–Trinajstić information content (AvgIpc) is 2.95. The molecule has 0 spiro atoms. The van der Waals surface area contributed by atoms with Crippen molar-refractivity contribution in [2.75, 3.05) is 19.7 Å². The number of hydrogen-bond acceptors (Lipinski definition) is 5. The van der Waals surface area contributed by atoms with Crippen LogP contribution in [0.25, 0.3) is 5.65 Å². The summed E-state index contributed by atoms with van der Waals surface area (Å²) in [7, 11) is 0. The Balaban J connectivity index is 2.23. The van der Waals surface area contributed by atoms with Crippen molar-refractivity contribution in [1.82, 2.24) is 24.8 Å². The van der Waals surface area contributed by atoms with Gasteiger partial charge in [0.15, 0.2) is 5.65 Å². The Kier molecular flexibility index (Phi) is 5.33. The molecule has 126 valence electrons. The van der Waals surface area contributed by atoms with E-state index in [4.69, 9.17) is 0 Å². The molecule has 0 saturated heterocycles. The zero-order valence-corrected chi connectivity index (χ0v) is 14.2. The molecule has 23 heavy (non-hydrogen) atoms. The summed E-state index contributed by atoms with van der Waals surface area (Å²) in [5, 5.41) is 16.3. The lowest BCUT2D eigenvalue weighted by molar-refractivity contribution is 0.0871. The number of carbonyl (C=O) groups excluding carboxylic acids is 1. The first-order valence-electron chi connectivity index (χ1n) is 7.88. The number of hydrogen-bond donors (Lipinski definition) is 2. The summed E-state index contributed by atoms with van der Waals surface area (Å²) in [4.78, 5) is 19.0. The number of amides is 1. The Labute approximate surface area is 136 Å². The summed E-state index contributed by atoms with van der Waals surface area (Å²) < 4.78 is 1.62. The SMILES string of the molecule is CCN(CC)Cc1cnc2c(C(=O)NC(C)(C)CO)cnn2c1. The minimum Gasteiger partial charge on any atom is -0.394 e. The largest absolute Gasteiger partial charge is 0.394 e. The molecule has 0 fully saturated rings. The van der Waals surface area contributed by atoms with Crippen molar-refractivity contribution in [1.29, 1.82) is 0 Å². The van der Waals surface area contributed by atoms with Gasteiger partial charge in [-0.3, -0.25) is 9.69 Å². The Morgan fingerprint density at radius 1 is 1.35 bits per heavy atom. The highest BCUT2D eigenvalue weighted by Gasteiger charge is 2.22. The monoisotopic (exact) mass is 319 g/mol. The summed E-state index contributed by atoms with van der Waals surface area (Å²) in [5.41, 5.74) is 1.28. The fraction of sp³-hybridized carbons (Fsp3) is 0.562. The molecule has 0 aliphatic rings. The van der Waals surface area contributed by atoms with Crippen LogP contribution >= 0.6 is 0 Å². The highest BCUT2D eigenvalue weighted by molar-refractivity contribution is 5.99. The van der Waals surface area contributed by atoms with Gasteiger partial charge in [0.2, 0.25) is 0 Å². The molecule has 2 rings (SSSR count). The van der Waals surface area contributed by atoms with Gasteiger partial charge >= 0.3 is 0 Å². The van der Waals surface area contributed by atoms with E-state index in [9.17, 15) is 9.90 Å². The predicted octanol–water partition coefficient (Wildman–Crippen LogP) is 1.07. The molecule has 0 aromatic carbocycles. The molecule has 0 saturated carbocycles. The van der Waals surface area contributed by atoms with Crippen LogP contribution in [0.4, 0.5) is 0 Å². The van der Waals surface area contributed by atoms with E-state index in [0.717, 1.165) is 25.2 Å². The predicted molar refractivity (Wildman–Crippen MR) is 88.2 cm³/mol. The molecule has 2 aromatic rings. The summed E-state index contributed by atoms with van der Waals surface area (Å²) in [6.45, 7) is 10.4. The number of aliphatic hydroxyl groups is 1. The van der Waals surface area contributed by atoms with Gasteiger partial charge in [-0.1, -0.05) is 13.8 Å². The molecule has 2 N–H and O–H groups in total. The first-order valence-corrected chi connectivity index (χ1v) is 7.88. The maximum Gasteiger partial charge on any atom is 0.257 e. The average molecular weight is 319 g/mol. The van der Waals surface area contributed by atoms with Crippen molar-refractivity contribution >= 4 is 11.6 Å². The summed E-state index contributed by atoms with van der Waals surface area (Å²) in [6, 6.07) is 0. The maximum absolute atomic E-state index is 12.3. The third kappa shape index (κ3) is 4.05. The topological polar surface area (TPSA) is 82.8 Å². The van der Waals surface area contributed by atoms with Gasteiger partial charge in [-0.25, -0.2) is 9.50 Å². The number of nitrogens with one attached hydrogen (secondary N) is 1. The van der Waals surface area contributed by atoms with Crippen molar-refractivity contribution in [3.8, 4) is 0 Å². The second-order valence-electron chi connectivity index (χ2n) is 6.25. The Morgan fingerprint density at radius 2 is 2.04 bits per heavy atom. The Bertz CT molecular complexity index is 676. The van der Waals surface area contributed by atoms with Crippen LogP contribution in [0.15, 0.2) is 18.6 Å². The van der Waals surface area contributed by atoms with Crippen LogP contribution < -0.4 is 5.32 Å². The van der Waals surface area contributed by atoms with E-state index in [1.807, 2.05) is 6.20 Å². The van der Waals surface area contributed by atoms with Gasteiger partial charge in [0, 0.05) is 24.5 Å². The normalized spacial score (nSPS) is 12.1. The number of fused-ring (bicyclic) bond motifs is 1. The second kappa shape index (κ2) is 7.06. The van der Waals surface area contributed by atoms with Gasteiger partial charge in [-0.2, -0.15) is 5.10 Å². The standard InChI is InChI=1S/C16H25N5O2/c1-5-20(6-2)9-12-7-17-14-13(8-18-21(14)10-12)15(23)19-16(3,4)11-22/h7-8,10,22H,5-6,9,11H2,1-4H3,(H,19,23). The van der Waals surface area contributed by atoms with Crippen LogP contribution in [0.2, 0.25) is 0 Å². The van der Waals surface area contributed by atoms with Gasteiger partial charge in [0.25, 0.3) is 5.91 Å². The third-order valence-electron chi connectivity index (χ3n) is 3.80. The van der Waals surface area contributed by atoms with Crippen LogP contribution in [0, 0.1) is 0 Å². The van der Waals surface area contributed by atoms with Gasteiger partial charge < -0.3 is 10.4 Å². The lowest BCUT2D eigenvalue weighted by atomic mass is 10.1. The molecule has 0 bridgehead atoms. The minimum atomic E-state index is -0.686. The fourth-order valence-corrected chi connectivity index (χ4v) is 2.27. The molecule has 0 radical (unpaired) electrons. The molecule has 2 aromatic heterocycles. The molecule has 2 heterocycles. The first-order chi connectivity index (χ1) is 10.9. The zero-order chi connectivity index (χ0) is 17.0. The zero-order valence-electron chi connectivity index (χ0n) is 14.2. The molecule has 0 aliphatic carbocycles. The highest BCUT2D eigenvalue weighted by Crippen LogP contribution is 2.12. The Hall–Kier alpha value is -1.99. The van der Waals surface area contributed by atoms with Crippen LogP contribution in [0.3, 0.4) is 0 Å². The number of rotatable bonds is 7. The van der Waals surface area contributed by atoms with E-state index >= 15 is 0 Å². The van der Waals surface area contributed by atoms with E-state index in [2.05, 4.69) is 34.1 Å². The molecule has 0 aliphatic heterocycles. The number of nitrogens with zero attached hydrogens (tertiary/aromatic N) is 4. The van der Waals surface area contributed by atoms with Crippen molar-refractivity contribution in [3.05, 3.63) is 29.7 Å². The van der Waals surface area contributed by atoms with Crippen LogP contribution in [0.1, 0.15) is 43.6 Å². The summed E-state index contributed by atoms with van der Waals surface area (Å²) in [5.74, 6) is -0.289. The third-order valence-corrected chi connectivity index (χ3v) is 3.80. The van der Waals surface area contributed by atoms with Gasteiger partial charge in [0.1, 0.15) is 5.56 Å². The van der Waals surface area contributed by atoms with Crippen molar-refractivity contribution in [2.24, 2.45) is 0 Å². The van der Waals surface area contributed by atoms with E-state index < -0.39 is 5.54 Å². The van der Waals surface area contributed by atoms with Crippen molar-refractivity contribution in [3.63, 3.8) is 0 Å². The number of aromatic nitrogens is 3. The number of carbonyl (C=O) groups is 1. The molecular weight excluding hydrogens is 294 g/mol. The molecule has 0 unspecified atom stereocenters. The van der Waals surface area contributed by atoms with E-state index in [0.29, 0.717) is 11.2 Å².